The van der Waals surface area contributed by atoms with E-state index in [0.29, 0.717) is 5.92 Å². The number of aliphatic carboxylic acids is 1. The van der Waals surface area contributed by atoms with E-state index < -0.39 is 11.4 Å². The summed E-state index contributed by atoms with van der Waals surface area (Å²) in [4.78, 5) is 11.0. The zero-order valence-corrected chi connectivity index (χ0v) is 7.10. The minimum absolute atomic E-state index is 0.448. The van der Waals surface area contributed by atoms with E-state index in [2.05, 4.69) is 5.11 Å². The lowest BCUT2D eigenvalue weighted by atomic mass is 9.84. The smallest absolute Gasteiger partial charge is 0.309 e. The van der Waals surface area contributed by atoms with Gasteiger partial charge in [0.05, 0.1) is 5.41 Å². The molecule has 0 saturated heterocycles. The second-order valence-corrected chi connectivity index (χ2v) is 3.77. The molecule has 0 saturated carbocycles. The maximum atomic E-state index is 11.0. The molecule has 0 aromatic rings. The van der Waals surface area contributed by atoms with Gasteiger partial charge >= 0.3 is 5.97 Å². The van der Waals surface area contributed by atoms with Gasteiger partial charge in [-0.1, -0.05) is 13.8 Å². The number of carboxylic acid groups (broad SMARTS) is 1. The Kier molecular flexibility index (Phi) is 2.30. The van der Waals surface area contributed by atoms with Crippen molar-refractivity contribution in [1.82, 2.24) is 0 Å². The molecular formula is C8H16O2. The lowest BCUT2D eigenvalue weighted by Gasteiger charge is -2.20. The van der Waals surface area contributed by atoms with Crippen LogP contribution in [0.2, 0.25) is 0 Å². The Morgan fingerprint density at radius 1 is 1.70 bits per heavy atom. The first-order valence-corrected chi connectivity index (χ1v) is 3.57. The van der Waals surface area contributed by atoms with E-state index in [1.54, 1.807) is 13.8 Å². The fourth-order valence-electron chi connectivity index (χ4n) is 1.10. The van der Waals surface area contributed by atoms with E-state index in [1.807, 2.05) is 13.8 Å². The van der Waals surface area contributed by atoms with Crippen LogP contribution < -0.4 is 0 Å². The number of hydrogen-bond donors (Lipinski definition) is 1. The summed E-state index contributed by atoms with van der Waals surface area (Å²) in [6.07, 6.45) is 0.755. The molecule has 0 aromatic heterocycles. The van der Waals surface area contributed by atoms with Crippen molar-refractivity contribution >= 4 is 5.97 Å². The van der Waals surface area contributed by atoms with Gasteiger partial charge in [0, 0.05) is 0 Å². The van der Waals surface area contributed by atoms with Gasteiger partial charge in [-0.15, -0.1) is 0 Å². The van der Waals surface area contributed by atoms with E-state index in [9.17, 15) is 4.79 Å². The number of rotatable bonds is 3. The SMILES string of the molecule is [3H]OC(=O)C(C)(C)CC(C)C. The molecule has 2 heteroatoms. The predicted octanol–water partition coefficient (Wildman–Crippen LogP) is 2.14. The minimum Gasteiger partial charge on any atom is -0.481 e. The van der Waals surface area contributed by atoms with Gasteiger partial charge in [-0.3, -0.25) is 4.79 Å². The molecule has 0 aliphatic carbocycles. The first-order valence-electron chi connectivity index (χ1n) is 3.98. The lowest BCUT2D eigenvalue weighted by Crippen LogP contribution is -2.25. The highest BCUT2D eigenvalue weighted by atomic mass is 16.4. The van der Waals surface area contributed by atoms with Crippen LogP contribution in [0.4, 0.5) is 0 Å². The molecular weight excluding hydrogens is 128 g/mol. The Labute approximate surface area is 63.7 Å². The van der Waals surface area contributed by atoms with Crippen LogP contribution in [0, 0.1) is 11.3 Å². The van der Waals surface area contributed by atoms with Crippen LogP contribution in [-0.2, 0) is 4.79 Å². The molecule has 0 radical (unpaired) electrons. The van der Waals surface area contributed by atoms with Crippen LogP contribution in [0.15, 0.2) is 0 Å². The zero-order chi connectivity index (χ0) is 9.07. The normalized spacial score (nSPS) is 13.1. The van der Waals surface area contributed by atoms with Crippen molar-refractivity contribution in [3.63, 3.8) is 0 Å². The van der Waals surface area contributed by atoms with Gasteiger partial charge in [-0.2, -0.15) is 0 Å². The molecule has 1 N–H and O–H groups in total. The van der Waals surface area contributed by atoms with Gasteiger partial charge in [-0.25, -0.2) is 0 Å². The van der Waals surface area contributed by atoms with Crippen LogP contribution in [0.3, 0.4) is 0 Å². The summed E-state index contributed by atoms with van der Waals surface area (Å²) >= 11 is 0. The van der Waals surface area contributed by atoms with Crippen molar-refractivity contribution in [2.24, 2.45) is 11.3 Å². The summed E-state index contributed by atoms with van der Waals surface area (Å²) in [6, 6.07) is 0. The molecule has 0 aliphatic rings. The van der Waals surface area contributed by atoms with Gasteiger partial charge in [0.25, 0.3) is 1.43 Å². The Balaban J connectivity index is 4.09. The first kappa shape index (κ1) is 7.58. The van der Waals surface area contributed by atoms with Gasteiger partial charge < -0.3 is 5.11 Å². The zero-order valence-electron chi connectivity index (χ0n) is 8.10. The molecule has 0 heterocycles. The van der Waals surface area contributed by atoms with Crippen molar-refractivity contribution in [3.05, 3.63) is 0 Å². The van der Waals surface area contributed by atoms with Gasteiger partial charge in [-0.05, 0) is 26.2 Å². The number of hydrogen-bond acceptors (Lipinski definition) is 2. The maximum absolute atomic E-state index is 11.0. The summed E-state index contributed by atoms with van der Waals surface area (Å²) in [5.74, 6) is -0.00435. The average molecular weight is 146 g/mol. The second kappa shape index (κ2) is 3.04. The van der Waals surface area contributed by atoms with Crippen LogP contribution in [0.1, 0.15) is 34.1 Å². The fourth-order valence-corrected chi connectivity index (χ4v) is 1.10. The number of carboxylic acids is 1. The minimum atomic E-state index is -0.518. The largest absolute Gasteiger partial charge is 0.481 e. The Morgan fingerprint density at radius 2 is 2.20 bits per heavy atom. The van der Waals surface area contributed by atoms with Crippen molar-refractivity contribution in [2.45, 2.75) is 34.1 Å². The highest BCUT2D eigenvalue weighted by molar-refractivity contribution is 5.73. The van der Waals surface area contributed by atoms with Gasteiger partial charge in [0.2, 0.25) is 0 Å². The monoisotopic (exact) mass is 146 g/mol. The van der Waals surface area contributed by atoms with Crippen LogP contribution >= 0.6 is 0 Å². The van der Waals surface area contributed by atoms with Crippen molar-refractivity contribution in [3.8, 4) is 0 Å². The molecule has 0 spiro atoms. The first-order chi connectivity index (χ1) is 4.90. The molecule has 0 atom stereocenters. The van der Waals surface area contributed by atoms with Crippen molar-refractivity contribution < 1.29 is 9.90 Å². The Bertz CT molecular complexity index is 141. The summed E-state index contributed by atoms with van der Waals surface area (Å²) in [5, 5.41) is 3.93. The highest BCUT2D eigenvalue weighted by Crippen LogP contribution is 2.24. The number of carbonyl (C=O) groups is 1. The van der Waals surface area contributed by atoms with Crippen LogP contribution in [0.25, 0.3) is 1.43 Å². The maximum Gasteiger partial charge on any atom is 0.309 e. The third-order valence-corrected chi connectivity index (χ3v) is 1.47. The molecule has 10 heavy (non-hydrogen) atoms. The molecule has 2 nitrogen and oxygen atoms in total. The van der Waals surface area contributed by atoms with Gasteiger partial charge in [0.1, 0.15) is 0 Å². The summed E-state index contributed by atoms with van der Waals surface area (Å²) < 4.78 is 6.46. The molecule has 60 valence electrons. The van der Waals surface area contributed by atoms with E-state index in [0.717, 1.165) is 6.42 Å². The third-order valence-electron chi connectivity index (χ3n) is 1.47. The predicted molar refractivity (Wildman–Crippen MR) is 40.9 cm³/mol. The van der Waals surface area contributed by atoms with Crippen LogP contribution in [0.5, 0.6) is 0 Å². The topological polar surface area (TPSA) is 37.3 Å². The highest BCUT2D eigenvalue weighted by Gasteiger charge is 2.27. The van der Waals surface area contributed by atoms with E-state index in [-0.39, 0.29) is 0 Å². The molecule has 0 bridgehead atoms. The Morgan fingerprint density at radius 3 is 2.50 bits per heavy atom. The van der Waals surface area contributed by atoms with Crippen molar-refractivity contribution in [2.75, 3.05) is 0 Å². The third kappa shape index (κ3) is 2.85. The average Bonchev–Trinajstić information content (AvgIpc) is 1.83. The van der Waals surface area contributed by atoms with Crippen LogP contribution in [-0.4, -0.2) is 11.1 Å². The summed E-state index contributed by atoms with van der Waals surface area (Å²) in [6.45, 7) is 7.67. The standard InChI is InChI=1S/C8H16O2/c1-6(2)5-8(3,4)7(9)10/h6H,5H2,1-4H3,(H,9,10)/i/hT. The van der Waals surface area contributed by atoms with Gasteiger partial charge in [0.15, 0.2) is 0 Å². The summed E-state index contributed by atoms with van der Waals surface area (Å²) in [7, 11) is 0. The molecule has 0 amide bonds. The van der Waals surface area contributed by atoms with E-state index in [4.69, 9.17) is 1.43 Å². The molecule has 0 aliphatic heterocycles. The molecule has 0 unspecified atom stereocenters. The molecule has 0 rings (SSSR count). The van der Waals surface area contributed by atoms with E-state index >= 15 is 0 Å². The fraction of sp³-hybridized carbons (Fsp3) is 0.875. The summed E-state index contributed by atoms with van der Waals surface area (Å²) in [5.41, 5.74) is -0.518. The Hall–Kier alpha value is -0.530. The second-order valence-electron chi connectivity index (χ2n) is 3.77. The van der Waals surface area contributed by atoms with E-state index in [1.165, 1.54) is 0 Å². The molecule has 0 aromatic carbocycles. The quantitative estimate of drug-likeness (QED) is 0.662. The van der Waals surface area contributed by atoms with Crippen molar-refractivity contribution in [1.29, 1.82) is 1.43 Å². The molecule has 0 fully saturated rings. The lowest BCUT2D eigenvalue weighted by molar-refractivity contribution is -0.147.